The summed E-state index contributed by atoms with van der Waals surface area (Å²) in [6.45, 7) is 0. The van der Waals surface area contributed by atoms with E-state index in [0.29, 0.717) is 5.02 Å². The van der Waals surface area contributed by atoms with Crippen molar-refractivity contribution < 1.29 is 4.39 Å². The van der Waals surface area contributed by atoms with Gasteiger partial charge in [0.1, 0.15) is 0 Å². The predicted molar refractivity (Wildman–Crippen MR) is 54.5 cm³/mol. The molecule has 0 saturated heterocycles. The number of rotatable bonds is 0. The highest BCUT2D eigenvalue weighted by atomic mass is 79.9. The number of fused-ring (bicyclic) bond motifs is 1. The Morgan fingerprint density at radius 1 is 1.42 bits per heavy atom. The molecule has 0 atom stereocenters. The van der Waals surface area contributed by atoms with Crippen molar-refractivity contribution in [1.82, 2.24) is 0 Å². The largest absolute Gasteiger partial charge is 0.195 e. The molecule has 2 rings (SSSR count). The van der Waals surface area contributed by atoms with Gasteiger partial charge in [0.05, 0.1) is 9.72 Å². The second-order valence-electron chi connectivity index (χ2n) is 2.32. The molecule has 62 valence electrons. The van der Waals surface area contributed by atoms with Gasteiger partial charge < -0.3 is 0 Å². The normalized spacial score (nSPS) is 10.9. The van der Waals surface area contributed by atoms with Crippen LogP contribution in [0, 0.1) is 5.13 Å². The molecule has 1 aromatic heterocycles. The van der Waals surface area contributed by atoms with Crippen LogP contribution >= 0.6 is 38.9 Å². The molecule has 0 nitrogen and oxygen atoms in total. The maximum Gasteiger partial charge on any atom is 0.177 e. The zero-order valence-electron chi connectivity index (χ0n) is 5.77. The van der Waals surface area contributed by atoms with Crippen LogP contribution in [0.15, 0.2) is 22.7 Å². The summed E-state index contributed by atoms with van der Waals surface area (Å²) in [6.07, 6.45) is 0. The minimum absolute atomic E-state index is 0.209. The molecule has 0 bridgehead atoms. The third-order valence-electron chi connectivity index (χ3n) is 1.55. The van der Waals surface area contributed by atoms with E-state index in [1.54, 1.807) is 6.07 Å². The highest BCUT2D eigenvalue weighted by Crippen LogP contribution is 2.35. The fraction of sp³-hybridized carbons (Fsp3) is 0. The lowest BCUT2D eigenvalue weighted by molar-refractivity contribution is 0.658. The number of hydrogen-bond donors (Lipinski definition) is 0. The molecular weight excluding hydrogens is 263 g/mol. The Labute approximate surface area is 86.1 Å². The number of thiophene rings is 1. The molecule has 0 radical (unpaired) electrons. The molecule has 0 aliphatic carbocycles. The van der Waals surface area contributed by atoms with Crippen molar-refractivity contribution in [3.63, 3.8) is 0 Å². The van der Waals surface area contributed by atoms with Crippen LogP contribution in [0.5, 0.6) is 0 Å². The average Bonchev–Trinajstić information content (AvgIpc) is 2.41. The first kappa shape index (κ1) is 8.48. The van der Waals surface area contributed by atoms with Crippen LogP contribution in [-0.4, -0.2) is 0 Å². The number of hydrogen-bond acceptors (Lipinski definition) is 1. The van der Waals surface area contributed by atoms with E-state index >= 15 is 0 Å². The topological polar surface area (TPSA) is 0 Å². The lowest BCUT2D eigenvalue weighted by Gasteiger charge is -1.94. The Kier molecular flexibility index (Phi) is 2.10. The van der Waals surface area contributed by atoms with Gasteiger partial charge in [0.25, 0.3) is 0 Å². The van der Waals surface area contributed by atoms with Gasteiger partial charge in [0, 0.05) is 9.86 Å². The van der Waals surface area contributed by atoms with Crippen molar-refractivity contribution in [3.05, 3.63) is 32.8 Å². The summed E-state index contributed by atoms with van der Waals surface area (Å²) >= 11 is 10.3. The van der Waals surface area contributed by atoms with E-state index < -0.39 is 0 Å². The lowest BCUT2D eigenvalue weighted by atomic mass is 10.3. The molecule has 0 N–H and O–H groups in total. The monoisotopic (exact) mass is 264 g/mol. The van der Waals surface area contributed by atoms with E-state index in [-0.39, 0.29) is 5.13 Å². The Morgan fingerprint density at radius 3 is 2.83 bits per heavy atom. The molecule has 4 heteroatoms. The van der Waals surface area contributed by atoms with E-state index in [1.165, 1.54) is 6.07 Å². The molecule has 0 aliphatic heterocycles. The highest BCUT2D eigenvalue weighted by Gasteiger charge is 2.07. The minimum atomic E-state index is -0.209. The first-order valence-electron chi connectivity index (χ1n) is 3.21. The first-order valence-corrected chi connectivity index (χ1v) is 5.20. The summed E-state index contributed by atoms with van der Waals surface area (Å²) in [5.41, 5.74) is 0. The van der Waals surface area contributed by atoms with Crippen molar-refractivity contribution in [2.45, 2.75) is 0 Å². The summed E-state index contributed by atoms with van der Waals surface area (Å²) < 4.78 is 14.5. The van der Waals surface area contributed by atoms with E-state index in [9.17, 15) is 4.39 Å². The predicted octanol–water partition coefficient (Wildman–Crippen LogP) is 4.46. The van der Waals surface area contributed by atoms with Crippen molar-refractivity contribution in [1.29, 1.82) is 0 Å². The summed E-state index contributed by atoms with van der Waals surface area (Å²) in [5, 5.41) is 1.23. The molecule has 0 amide bonds. The number of halogens is 3. The van der Waals surface area contributed by atoms with Gasteiger partial charge in [-0.25, -0.2) is 0 Å². The van der Waals surface area contributed by atoms with E-state index in [4.69, 9.17) is 11.6 Å². The molecule has 12 heavy (non-hydrogen) atoms. The van der Waals surface area contributed by atoms with Crippen molar-refractivity contribution >= 4 is 49.0 Å². The van der Waals surface area contributed by atoms with Gasteiger partial charge in [0.2, 0.25) is 0 Å². The van der Waals surface area contributed by atoms with Crippen molar-refractivity contribution in [2.24, 2.45) is 0 Å². The van der Waals surface area contributed by atoms with Crippen LogP contribution in [0.4, 0.5) is 4.39 Å². The van der Waals surface area contributed by atoms with E-state index in [1.807, 2.05) is 6.07 Å². The Bertz CT molecular complexity index is 399. The van der Waals surface area contributed by atoms with Gasteiger partial charge in [0.15, 0.2) is 5.13 Å². The molecule has 2 aromatic rings. The summed E-state index contributed by atoms with van der Waals surface area (Å²) in [7, 11) is 0. The third-order valence-corrected chi connectivity index (χ3v) is 3.63. The van der Waals surface area contributed by atoms with Crippen LogP contribution in [0.1, 0.15) is 0 Å². The van der Waals surface area contributed by atoms with Crippen molar-refractivity contribution in [2.75, 3.05) is 0 Å². The van der Waals surface area contributed by atoms with Gasteiger partial charge in [-0.05, 0) is 18.2 Å². The summed E-state index contributed by atoms with van der Waals surface area (Å²) in [4.78, 5) is 0. The van der Waals surface area contributed by atoms with Gasteiger partial charge in [-0.3, -0.25) is 0 Å². The molecule has 0 unspecified atom stereocenters. The second kappa shape index (κ2) is 2.98. The fourth-order valence-electron chi connectivity index (χ4n) is 1.03. The van der Waals surface area contributed by atoms with Gasteiger partial charge in [-0.1, -0.05) is 27.5 Å². The lowest BCUT2D eigenvalue weighted by Crippen LogP contribution is -1.67. The molecule has 0 fully saturated rings. The third kappa shape index (κ3) is 1.26. The highest BCUT2D eigenvalue weighted by molar-refractivity contribution is 9.10. The van der Waals surface area contributed by atoms with Crippen LogP contribution in [-0.2, 0) is 0 Å². The first-order chi connectivity index (χ1) is 5.68. The fourth-order valence-corrected chi connectivity index (χ4v) is 2.70. The maximum absolute atomic E-state index is 12.8. The second-order valence-corrected chi connectivity index (χ2v) is 4.59. The Hall–Kier alpha value is -0.120. The van der Waals surface area contributed by atoms with Crippen LogP contribution < -0.4 is 0 Å². The molecule has 0 aliphatic rings. The Balaban J connectivity index is 2.93. The van der Waals surface area contributed by atoms with Crippen molar-refractivity contribution in [3.8, 4) is 0 Å². The molecule has 0 saturated carbocycles. The number of benzene rings is 1. The Morgan fingerprint density at radius 2 is 2.17 bits per heavy atom. The molecule has 0 spiro atoms. The average molecular weight is 266 g/mol. The summed E-state index contributed by atoms with van der Waals surface area (Å²) in [5.74, 6) is 0. The van der Waals surface area contributed by atoms with Crippen LogP contribution in [0.2, 0.25) is 5.02 Å². The zero-order valence-corrected chi connectivity index (χ0v) is 8.93. The molecule has 1 aromatic carbocycles. The van der Waals surface area contributed by atoms with Crippen LogP contribution in [0.25, 0.3) is 10.1 Å². The maximum atomic E-state index is 12.8. The summed E-state index contributed by atoms with van der Waals surface area (Å²) in [6, 6.07) is 5.05. The van der Waals surface area contributed by atoms with Gasteiger partial charge >= 0.3 is 0 Å². The van der Waals surface area contributed by atoms with E-state index in [2.05, 4.69) is 15.9 Å². The minimum Gasteiger partial charge on any atom is -0.195 e. The van der Waals surface area contributed by atoms with E-state index in [0.717, 1.165) is 25.9 Å². The molecule has 1 heterocycles. The zero-order chi connectivity index (χ0) is 8.72. The smallest absolute Gasteiger partial charge is 0.177 e. The van der Waals surface area contributed by atoms with Gasteiger partial charge in [-0.15, -0.1) is 11.3 Å². The molecular formula is C8H3BrClFS. The van der Waals surface area contributed by atoms with Gasteiger partial charge in [-0.2, -0.15) is 4.39 Å². The SMILES string of the molecule is Fc1cc2c(Br)ccc(Cl)c2s1. The van der Waals surface area contributed by atoms with Crippen LogP contribution in [0.3, 0.4) is 0 Å². The quantitative estimate of drug-likeness (QED) is 0.660. The standard InChI is InChI=1S/C8H3BrClFS/c9-5-1-2-6(10)8-4(5)3-7(11)12-8/h1-3H.